The largest absolute Gasteiger partial charge is 0.497 e. The Labute approximate surface area is 229 Å². The van der Waals surface area contributed by atoms with Crippen molar-refractivity contribution in [2.45, 2.75) is 17.5 Å². The Bertz CT molecular complexity index is 1680. The predicted octanol–water partition coefficient (Wildman–Crippen LogP) is 5.61. The number of hydrogen-bond donors (Lipinski definition) is 1. The zero-order chi connectivity index (χ0) is 26.7. The summed E-state index contributed by atoms with van der Waals surface area (Å²) in [6, 6.07) is 24.4. The van der Waals surface area contributed by atoms with Crippen LogP contribution < -0.4 is 15.0 Å². The highest BCUT2D eigenvalue weighted by Gasteiger charge is 2.70. The quantitative estimate of drug-likeness (QED) is 0.338. The molecule has 7 rings (SSSR count). The zero-order valence-electron chi connectivity index (χ0n) is 21.0. The SMILES string of the molecule is COc1cccc(C(=O)C2C(C(=O)c3cccs3)N3c4ccccc4C=CC3C23C(=O)Nc2ccccc23)c1. The van der Waals surface area contributed by atoms with E-state index in [0.29, 0.717) is 21.9 Å². The summed E-state index contributed by atoms with van der Waals surface area (Å²) in [6.07, 6.45) is 3.98. The molecule has 0 radical (unpaired) electrons. The molecule has 3 aliphatic heterocycles. The first kappa shape index (κ1) is 23.6. The fourth-order valence-electron chi connectivity index (χ4n) is 6.64. The van der Waals surface area contributed by atoms with E-state index in [4.69, 9.17) is 4.74 Å². The van der Waals surface area contributed by atoms with Crippen molar-refractivity contribution in [1.82, 2.24) is 0 Å². The molecule has 4 unspecified atom stereocenters. The first-order valence-corrected chi connectivity index (χ1v) is 13.7. The van der Waals surface area contributed by atoms with E-state index in [9.17, 15) is 14.4 Å². The second kappa shape index (κ2) is 8.78. The van der Waals surface area contributed by atoms with Gasteiger partial charge in [0.1, 0.15) is 17.2 Å². The summed E-state index contributed by atoms with van der Waals surface area (Å²) >= 11 is 1.35. The number of hydrogen-bond acceptors (Lipinski definition) is 6. The van der Waals surface area contributed by atoms with E-state index in [0.717, 1.165) is 16.8 Å². The minimum absolute atomic E-state index is 0.171. The monoisotopic (exact) mass is 532 g/mol. The lowest BCUT2D eigenvalue weighted by Crippen LogP contribution is -2.51. The van der Waals surface area contributed by atoms with Gasteiger partial charge in [-0.1, -0.05) is 66.7 Å². The second-order valence-electron chi connectivity index (χ2n) is 10.00. The third kappa shape index (κ3) is 3.23. The maximum Gasteiger partial charge on any atom is 0.238 e. The molecule has 192 valence electrons. The van der Waals surface area contributed by atoms with Gasteiger partial charge in [0.05, 0.1) is 23.9 Å². The molecule has 1 aromatic heterocycles. The van der Waals surface area contributed by atoms with E-state index in [1.807, 2.05) is 77.0 Å². The number of thiophene rings is 1. The van der Waals surface area contributed by atoms with Crippen LogP contribution in [0, 0.1) is 5.92 Å². The van der Waals surface area contributed by atoms with Crippen molar-refractivity contribution in [2.24, 2.45) is 5.92 Å². The average molecular weight is 533 g/mol. The molecule has 0 bridgehead atoms. The summed E-state index contributed by atoms with van der Waals surface area (Å²) in [4.78, 5) is 46.0. The summed E-state index contributed by atoms with van der Waals surface area (Å²) in [5.74, 6) is -1.17. The molecule has 1 fully saturated rings. The number of Topliss-reactive ketones (excluding diaryl/α,β-unsaturated/α-hetero) is 2. The number of carbonyl (C=O) groups is 3. The van der Waals surface area contributed by atoms with Crippen molar-refractivity contribution in [3.63, 3.8) is 0 Å². The zero-order valence-corrected chi connectivity index (χ0v) is 21.9. The lowest BCUT2D eigenvalue weighted by atomic mass is 9.64. The van der Waals surface area contributed by atoms with Gasteiger partial charge in [0.2, 0.25) is 5.91 Å². The molecule has 1 saturated heterocycles. The minimum atomic E-state index is -1.32. The number of nitrogens with zero attached hydrogens (tertiary/aromatic N) is 1. The van der Waals surface area contributed by atoms with E-state index in [1.54, 1.807) is 37.4 Å². The number of nitrogens with one attached hydrogen (secondary N) is 1. The van der Waals surface area contributed by atoms with Crippen molar-refractivity contribution in [1.29, 1.82) is 0 Å². The Morgan fingerprint density at radius 3 is 2.59 bits per heavy atom. The molecule has 0 aliphatic carbocycles. The Morgan fingerprint density at radius 1 is 0.949 bits per heavy atom. The van der Waals surface area contributed by atoms with Crippen LogP contribution in [0.15, 0.2) is 96.4 Å². The molecule has 1 N–H and O–H groups in total. The van der Waals surface area contributed by atoms with Gasteiger partial charge in [-0.05, 0) is 46.8 Å². The van der Waals surface area contributed by atoms with Crippen LogP contribution in [-0.4, -0.2) is 36.7 Å². The van der Waals surface area contributed by atoms with Crippen LogP contribution in [0.3, 0.4) is 0 Å². The van der Waals surface area contributed by atoms with Gasteiger partial charge in [-0.2, -0.15) is 0 Å². The molecular weight excluding hydrogens is 508 g/mol. The van der Waals surface area contributed by atoms with Gasteiger partial charge in [0.25, 0.3) is 0 Å². The lowest BCUT2D eigenvalue weighted by Gasteiger charge is -2.37. The van der Waals surface area contributed by atoms with Gasteiger partial charge in [0, 0.05) is 16.9 Å². The number of para-hydroxylation sites is 2. The molecule has 1 amide bonds. The molecule has 3 aliphatic rings. The number of ether oxygens (including phenoxy) is 1. The van der Waals surface area contributed by atoms with Crippen molar-refractivity contribution < 1.29 is 19.1 Å². The van der Waals surface area contributed by atoms with Gasteiger partial charge in [-0.25, -0.2) is 0 Å². The summed E-state index contributed by atoms with van der Waals surface area (Å²) in [7, 11) is 1.55. The van der Waals surface area contributed by atoms with Crippen molar-refractivity contribution in [3.05, 3.63) is 118 Å². The van der Waals surface area contributed by atoms with E-state index in [2.05, 4.69) is 5.32 Å². The maximum atomic E-state index is 14.7. The van der Waals surface area contributed by atoms with Gasteiger partial charge in [0.15, 0.2) is 11.6 Å². The third-order valence-electron chi connectivity index (χ3n) is 8.21. The van der Waals surface area contributed by atoms with Crippen molar-refractivity contribution in [2.75, 3.05) is 17.3 Å². The van der Waals surface area contributed by atoms with Crippen LogP contribution in [-0.2, 0) is 10.2 Å². The number of fused-ring (bicyclic) bond motifs is 6. The topological polar surface area (TPSA) is 75.7 Å². The second-order valence-corrected chi connectivity index (χ2v) is 10.9. The maximum absolute atomic E-state index is 14.7. The van der Waals surface area contributed by atoms with E-state index in [1.165, 1.54) is 11.3 Å². The van der Waals surface area contributed by atoms with Crippen molar-refractivity contribution in [3.8, 4) is 5.75 Å². The number of rotatable bonds is 5. The predicted molar refractivity (Wildman–Crippen MR) is 152 cm³/mol. The van der Waals surface area contributed by atoms with E-state index < -0.39 is 23.4 Å². The summed E-state index contributed by atoms with van der Waals surface area (Å²) in [5, 5.41) is 4.91. The fourth-order valence-corrected chi connectivity index (χ4v) is 7.34. The third-order valence-corrected chi connectivity index (χ3v) is 9.10. The van der Waals surface area contributed by atoms with Gasteiger partial charge in [-0.15, -0.1) is 11.3 Å². The smallest absolute Gasteiger partial charge is 0.238 e. The Morgan fingerprint density at radius 2 is 1.77 bits per heavy atom. The first-order valence-electron chi connectivity index (χ1n) is 12.8. The number of ketones is 2. The summed E-state index contributed by atoms with van der Waals surface area (Å²) < 4.78 is 5.42. The average Bonchev–Trinajstić information content (AvgIpc) is 3.69. The number of methoxy groups -OCH3 is 1. The Hall–Kier alpha value is -4.49. The van der Waals surface area contributed by atoms with Crippen LogP contribution >= 0.6 is 11.3 Å². The Balaban J connectivity index is 1.54. The van der Waals surface area contributed by atoms with Crippen LogP contribution in [0.1, 0.15) is 31.2 Å². The van der Waals surface area contributed by atoms with Crippen molar-refractivity contribution >= 4 is 46.3 Å². The van der Waals surface area contributed by atoms with Crippen LogP contribution in [0.5, 0.6) is 5.75 Å². The van der Waals surface area contributed by atoms with E-state index in [-0.39, 0.29) is 17.5 Å². The molecule has 39 heavy (non-hydrogen) atoms. The Kier molecular flexibility index (Phi) is 5.32. The number of benzene rings is 3. The molecule has 4 aromatic rings. The molecular formula is C32H24N2O4S. The van der Waals surface area contributed by atoms with Gasteiger partial charge < -0.3 is 15.0 Å². The molecule has 4 atom stereocenters. The lowest BCUT2D eigenvalue weighted by molar-refractivity contribution is -0.121. The molecule has 7 heteroatoms. The van der Waals surface area contributed by atoms with E-state index >= 15 is 0 Å². The number of carbonyl (C=O) groups excluding carboxylic acids is 3. The highest BCUT2D eigenvalue weighted by atomic mass is 32.1. The highest BCUT2D eigenvalue weighted by Crippen LogP contribution is 2.58. The number of amides is 1. The molecule has 6 nitrogen and oxygen atoms in total. The highest BCUT2D eigenvalue weighted by molar-refractivity contribution is 7.12. The van der Waals surface area contributed by atoms with Crippen LogP contribution in [0.2, 0.25) is 0 Å². The minimum Gasteiger partial charge on any atom is -0.497 e. The van der Waals surface area contributed by atoms with Crippen LogP contribution in [0.25, 0.3) is 6.08 Å². The number of anilines is 2. The molecule has 3 aromatic carbocycles. The van der Waals surface area contributed by atoms with Gasteiger partial charge in [-0.3, -0.25) is 14.4 Å². The van der Waals surface area contributed by atoms with Gasteiger partial charge >= 0.3 is 0 Å². The first-order chi connectivity index (χ1) is 19.1. The normalized spacial score (nSPS) is 24.2. The molecule has 1 spiro atoms. The molecule has 4 heterocycles. The standard InChI is InChI=1S/C32H24N2O4S/c1-38-21-10-6-9-20(18-21)29(35)27-28(30(36)25-14-7-17-39-25)34-24-13-5-2-8-19(24)15-16-26(34)32(27)22-11-3-4-12-23(22)33-31(32)37/h2-18,26-28H,1H3,(H,33,37). The molecule has 0 saturated carbocycles. The summed E-state index contributed by atoms with van der Waals surface area (Å²) in [6.45, 7) is 0. The van der Waals surface area contributed by atoms with Crippen LogP contribution in [0.4, 0.5) is 11.4 Å². The fraction of sp³-hybridized carbons (Fsp3) is 0.156. The summed E-state index contributed by atoms with van der Waals surface area (Å²) in [5.41, 5.74) is 2.25.